The standard InChI is InChI=1S/C13H13FN2O/c1-3-16-12(8-9(2)15-16)13(17)10-6-4-5-7-11(10)14/h4-8H,3H2,1-2H3. The molecule has 2 aromatic rings. The Hall–Kier alpha value is -1.97. The van der Waals surface area contributed by atoms with Crippen LogP contribution in [0, 0.1) is 12.7 Å². The molecule has 0 atom stereocenters. The molecule has 0 bridgehead atoms. The van der Waals surface area contributed by atoms with E-state index >= 15 is 0 Å². The maximum atomic E-state index is 13.5. The fourth-order valence-electron chi connectivity index (χ4n) is 1.75. The number of ketones is 1. The summed E-state index contributed by atoms with van der Waals surface area (Å²) >= 11 is 0. The zero-order chi connectivity index (χ0) is 12.4. The normalized spacial score (nSPS) is 10.5. The van der Waals surface area contributed by atoms with E-state index in [-0.39, 0.29) is 11.3 Å². The minimum Gasteiger partial charge on any atom is -0.287 e. The van der Waals surface area contributed by atoms with Gasteiger partial charge in [-0.2, -0.15) is 5.10 Å². The van der Waals surface area contributed by atoms with Crippen molar-refractivity contribution in [1.82, 2.24) is 9.78 Å². The molecule has 0 N–H and O–H groups in total. The van der Waals surface area contributed by atoms with E-state index in [1.807, 2.05) is 13.8 Å². The number of rotatable bonds is 3. The van der Waals surface area contributed by atoms with Gasteiger partial charge in [-0.25, -0.2) is 4.39 Å². The van der Waals surface area contributed by atoms with Crippen molar-refractivity contribution < 1.29 is 9.18 Å². The first-order chi connectivity index (χ1) is 8.13. The number of carbonyl (C=O) groups excluding carboxylic acids is 1. The number of benzene rings is 1. The monoisotopic (exact) mass is 232 g/mol. The molecule has 88 valence electrons. The quantitative estimate of drug-likeness (QED) is 0.762. The molecule has 0 aliphatic carbocycles. The predicted octanol–water partition coefficient (Wildman–Crippen LogP) is 2.58. The van der Waals surface area contributed by atoms with E-state index in [0.717, 1.165) is 5.69 Å². The third kappa shape index (κ3) is 2.11. The van der Waals surface area contributed by atoms with Crippen molar-refractivity contribution in [1.29, 1.82) is 0 Å². The molecule has 0 saturated carbocycles. The Balaban J connectivity index is 2.47. The van der Waals surface area contributed by atoms with Crippen molar-refractivity contribution in [3.05, 3.63) is 53.1 Å². The SMILES string of the molecule is CCn1nc(C)cc1C(=O)c1ccccc1F. The summed E-state index contributed by atoms with van der Waals surface area (Å²) in [5, 5.41) is 4.18. The van der Waals surface area contributed by atoms with Crippen LogP contribution < -0.4 is 0 Å². The fourth-order valence-corrected chi connectivity index (χ4v) is 1.75. The van der Waals surface area contributed by atoms with Crippen LogP contribution in [0.15, 0.2) is 30.3 Å². The second kappa shape index (κ2) is 4.49. The van der Waals surface area contributed by atoms with Crippen LogP contribution in [0.25, 0.3) is 0 Å². The summed E-state index contributed by atoms with van der Waals surface area (Å²) in [5.74, 6) is -0.829. The molecule has 0 aliphatic rings. The summed E-state index contributed by atoms with van der Waals surface area (Å²) in [6.07, 6.45) is 0. The van der Waals surface area contributed by atoms with Gasteiger partial charge in [0.25, 0.3) is 0 Å². The maximum Gasteiger partial charge on any atom is 0.213 e. The van der Waals surface area contributed by atoms with Crippen LogP contribution in [0.4, 0.5) is 4.39 Å². The largest absolute Gasteiger partial charge is 0.287 e. The van der Waals surface area contributed by atoms with Crippen molar-refractivity contribution in [2.45, 2.75) is 20.4 Å². The van der Waals surface area contributed by atoms with E-state index in [1.54, 1.807) is 22.9 Å². The van der Waals surface area contributed by atoms with Gasteiger partial charge in [0, 0.05) is 6.54 Å². The van der Waals surface area contributed by atoms with Crippen molar-refractivity contribution >= 4 is 5.78 Å². The minimum atomic E-state index is -0.501. The lowest BCUT2D eigenvalue weighted by atomic mass is 10.1. The number of aromatic nitrogens is 2. The summed E-state index contributed by atoms with van der Waals surface area (Å²) in [6, 6.07) is 7.66. The zero-order valence-corrected chi connectivity index (χ0v) is 9.77. The van der Waals surface area contributed by atoms with Crippen LogP contribution in [0.5, 0.6) is 0 Å². The minimum absolute atomic E-state index is 0.0853. The molecule has 1 heterocycles. The van der Waals surface area contributed by atoms with E-state index in [9.17, 15) is 9.18 Å². The molecule has 0 unspecified atom stereocenters. The molecule has 4 heteroatoms. The van der Waals surface area contributed by atoms with Crippen LogP contribution in [0.3, 0.4) is 0 Å². The molecule has 1 aromatic heterocycles. The fraction of sp³-hybridized carbons (Fsp3) is 0.231. The predicted molar refractivity (Wildman–Crippen MR) is 62.5 cm³/mol. The first-order valence-corrected chi connectivity index (χ1v) is 5.47. The van der Waals surface area contributed by atoms with E-state index in [0.29, 0.717) is 12.2 Å². The van der Waals surface area contributed by atoms with Crippen molar-refractivity contribution in [3.8, 4) is 0 Å². The van der Waals surface area contributed by atoms with E-state index < -0.39 is 5.82 Å². The number of aryl methyl sites for hydroxylation is 2. The van der Waals surface area contributed by atoms with E-state index in [4.69, 9.17) is 0 Å². The Kier molecular flexibility index (Phi) is 3.04. The first kappa shape index (κ1) is 11.5. The molecule has 0 aliphatic heterocycles. The highest BCUT2D eigenvalue weighted by Gasteiger charge is 2.17. The van der Waals surface area contributed by atoms with E-state index in [2.05, 4.69) is 5.10 Å². The third-order valence-corrected chi connectivity index (χ3v) is 2.55. The maximum absolute atomic E-state index is 13.5. The lowest BCUT2D eigenvalue weighted by molar-refractivity contribution is 0.102. The molecule has 0 radical (unpaired) electrons. The number of carbonyl (C=O) groups is 1. The van der Waals surface area contributed by atoms with Crippen molar-refractivity contribution in [3.63, 3.8) is 0 Å². The number of nitrogens with zero attached hydrogens (tertiary/aromatic N) is 2. The molecular weight excluding hydrogens is 219 g/mol. The molecule has 0 saturated heterocycles. The Morgan fingerprint density at radius 3 is 2.76 bits per heavy atom. The van der Waals surface area contributed by atoms with Crippen molar-refractivity contribution in [2.24, 2.45) is 0 Å². The molecule has 2 rings (SSSR count). The second-order valence-electron chi connectivity index (χ2n) is 3.80. The topological polar surface area (TPSA) is 34.9 Å². The van der Waals surface area contributed by atoms with Crippen LogP contribution in [0.1, 0.15) is 28.7 Å². The molecule has 17 heavy (non-hydrogen) atoms. The average Bonchev–Trinajstić information content (AvgIpc) is 2.70. The molecule has 1 aromatic carbocycles. The first-order valence-electron chi connectivity index (χ1n) is 5.47. The lowest BCUT2D eigenvalue weighted by Gasteiger charge is -2.04. The summed E-state index contributed by atoms with van der Waals surface area (Å²) in [4.78, 5) is 12.2. The Morgan fingerprint density at radius 1 is 1.41 bits per heavy atom. The van der Waals surface area contributed by atoms with Crippen LogP contribution >= 0.6 is 0 Å². The Morgan fingerprint density at radius 2 is 2.12 bits per heavy atom. The highest BCUT2D eigenvalue weighted by Crippen LogP contribution is 2.14. The molecule has 3 nitrogen and oxygen atoms in total. The number of hydrogen-bond donors (Lipinski definition) is 0. The van der Waals surface area contributed by atoms with Crippen LogP contribution in [-0.4, -0.2) is 15.6 Å². The lowest BCUT2D eigenvalue weighted by Crippen LogP contribution is -2.11. The van der Waals surface area contributed by atoms with Gasteiger partial charge in [-0.15, -0.1) is 0 Å². The summed E-state index contributed by atoms with van der Waals surface area (Å²) in [6.45, 7) is 4.29. The Labute approximate surface area is 98.9 Å². The highest BCUT2D eigenvalue weighted by molar-refractivity contribution is 6.08. The van der Waals surface area contributed by atoms with Gasteiger partial charge < -0.3 is 0 Å². The van der Waals surface area contributed by atoms with Gasteiger partial charge in [-0.3, -0.25) is 9.48 Å². The van der Waals surface area contributed by atoms with Gasteiger partial charge in [-0.05, 0) is 32.0 Å². The van der Waals surface area contributed by atoms with Gasteiger partial charge in [-0.1, -0.05) is 12.1 Å². The third-order valence-electron chi connectivity index (χ3n) is 2.55. The summed E-state index contributed by atoms with van der Waals surface area (Å²) in [7, 11) is 0. The van der Waals surface area contributed by atoms with Crippen LogP contribution in [0.2, 0.25) is 0 Å². The molecule has 0 fully saturated rings. The van der Waals surface area contributed by atoms with E-state index in [1.165, 1.54) is 12.1 Å². The highest BCUT2D eigenvalue weighted by atomic mass is 19.1. The molecule has 0 amide bonds. The second-order valence-corrected chi connectivity index (χ2v) is 3.80. The zero-order valence-electron chi connectivity index (χ0n) is 9.77. The van der Waals surface area contributed by atoms with Gasteiger partial charge in [0.05, 0.1) is 11.3 Å². The van der Waals surface area contributed by atoms with Crippen LogP contribution in [-0.2, 0) is 6.54 Å². The Bertz CT molecular complexity index is 560. The van der Waals surface area contributed by atoms with Crippen molar-refractivity contribution in [2.75, 3.05) is 0 Å². The number of hydrogen-bond acceptors (Lipinski definition) is 2. The summed E-state index contributed by atoms with van der Waals surface area (Å²) in [5.41, 5.74) is 1.27. The number of halogens is 1. The molecule has 0 spiro atoms. The van der Waals surface area contributed by atoms with Gasteiger partial charge in [0.1, 0.15) is 11.5 Å². The average molecular weight is 232 g/mol. The summed E-state index contributed by atoms with van der Waals surface area (Å²) < 4.78 is 15.1. The van der Waals surface area contributed by atoms with Gasteiger partial charge in [0.2, 0.25) is 5.78 Å². The molecular formula is C13H13FN2O. The van der Waals surface area contributed by atoms with Gasteiger partial charge >= 0.3 is 0 Å². The smallest absolute Gasteiger partial charge is 0.213 e. The van der Waals surface area contributed by atoms with Gasteiger partial charge in [0.15, 0.2) is 0 Å².